The van der Waals surface area contributed by atoms with Crippen molar-refractivity contribution in [2.45, 2.75) is 20.4 Å². The van der Waals surface area contributed by atoms with Crippen molar-refractivity contribution in [2.24, 2.45) is 5.92 Å². The smallest absolute Gasteiger partial charge is 0.207 e. The van der Waals surface area contributed by atoms with Crippen LogP contribution in [0.15, 0.2) is 30.6 Å². The van der Waals surface area contributed by atoms with Crippen molar-refractivity contribution in [2.75, 3.05) is 5.32 Å². The van der Waals surface area contributed by atoms with Gasteiger partial charge in [-0.2, -0.15) is 0 Å². The zero-order chi connectivity index (χ0) is 13.1. The second kappa shape index (κ2) is 5.16. The molecule has 18 heavy (non-hydrogen) atoms. The molecule has 0 radical (unpaired) electrons. The molecule has 1 aromatic carbocycles. The number of nitrogens with one attached hydrogen (secondary N) is 1. The number of anilines is 2. The number of rotatable bonds is 4. The van der Waals surface area contributed by atoms with Crippen LogP contribution < -0.4 is 5.32 Å². The first kappa shape index (κ1) is 12.5. The van der Waals surface area contributed by atoms with Gasteiger partial charge in [-0.25, -0.2) is 13.8 Å². The van der Waals surface area contributed by atoms with Gasteiger partial charge >= 0.3 is 0 Å². The molecule has 3 nitrogen and oxygen atoms in total. The van der Waals surface area contributed by atoms with Crippen molar-refractivity contribution in [1.82, 2.24) is 9.55 Å². The Kier molecular flexibility index (Phi) is 3.60. The van der Waals surface area contributed by atoms with Crippen molar-refractivity contribution in [3.8, 4) is 0 Å². The Balaban J connectivity index is 2.21. The molecule has 1 N–H and O–H groups in total. The van der Waals surface area contributed by atoms with Gasteiger partial charge in [-0.05, 0) is 18.1 Å². The minimum Gasteiger partial charge on any atom is -0.323 e. The average Bonchev–Trinajstić information content (AvgIpc) is 2.69. The first-order valence-corrected chi connectivity index (χ1v) is 5.79. The summed E-state index contributed by atoms with van der Waals surface area (Å²) in [6.45, 7) is 4.95. The lowest BCUT2D eigenvalue weighted by Crippen LogP contribution is -2.08. The van der Waals surface area contributed by atoms with E-state index in [2.05, 4.69) is 24.1 Å². The summed E-state index contributed by atoms with van der Waals surface area (Å²) in [7, 11) is 0. The van der Waals surface area contributed by atoms with Crippen LogP contribution in [0.3, 0.4) is 0 Å². The van der Waals surface area contributed by atoms with Crippen LogP contribution in [0.2, 0.25) is 0 Å². The summed E-state index contributed by atoms with van der Waals surface area (Å²) < 4.78 is 28.2. The van der Waals surface area contributed by atoms with Gasteiger partial charge in [-0.3, -0.25) is 0 Å². The lowest BCUT2D eigenvalue weighted by Gasteiger charge is -2.12. The standard InChI is InChI=1S/C13H15F2N3/c1-9(2)8-18-6-5-16-13(18)17-12-4-3-10(14)7-11(12)15/h3-7,9H,8H2,1-2H3,(H,16,17). The molecule has 2 aromatic rings. The van der Waals surface area contributed by atoms with E-state index in [1.54, 1.807) is 6.20 Å². The Hall–Kier alpha value is -1.91. The number of hydrogen-bond donors (Lipinski definition) is 1. The zero-order valence-corrected chi connectivity index (χ0v) is 10.3. The third-order valence-electron chi connectivity index (χ3n) is 2.45. The number of benzene rings is 1. The van der Waals surface area contributed by atoms with Gasteiger partial charge in [0.05, 0.1) is 5.69 Å². The quantitative estimate of drug-likeness (QED) is 0.900. The van der Waals surface area contributed by atoms with E-state index in [0.29, 0.717) is 11.9 Å². The van der Waals surface area contributed by atoms with Crippen LogP contribution in [-0.2, 0) is 6.54 Å². The van der Waals surface area contributed by atoms with Gasteiger partial charge in [0, 0.05) is 25.0 Å². The highest BCUT2D eigenvalue weighted by atomic mass is 19.1. The molecule has 2 rings (SSSR count). The molecule has 0 amide bonds. The van der Waals surface area contributed by atoms with Crippen LogP contribution in [0.4, 0.5) is 20.4 Å². The fourth-order valence-electron chi connectivity index (χ4n) is 1.69. The Morgan fingerprint density at radius 1 is 1.33 bits per heavy atom. The maximum atomic E-state index is 13.5. The van der Waals surface area contributed by atoms with E-state index in [-0.39, 0.29) is 5.69 Å². The van der Waals surface area contributed by atoms with Crippen LogP contribution in [0.25, 0.3) is 0 Å². The fourth-order valence-corrected chi connectivity index (χ4v) is 1.69. The van der Waals surface area contributed by atoms with Crippen molar-refractivity contribution >= 4 is 11.6 Å². The minimum absolute atomic E-state index is 0.215. The largest absolute Gasteiger partial charge is 0.323 e. The number of aromatic nitrogens is 2. The van der Waals surface area contributed by atoms with Crippen molar-refractivity contribution in [3.63, 3.8) is 0 Å². The summed E-state index contributed by atoms with van der Waals surface area (Å²) >= 11 is 0. The molecule has 0 aliphatic rings. The molecule has 1 heterocycles. The Morgan fingerprint density at radius 2 is 2.11 bits per heavy atom. The van der Waals surface area contributed by atoms with Crippen LogP contribution in [0.1, 0.15) is 13.8 Å². The topological polar surface area (TPSA) is 29.9 Å². The molecule has 0 bridgehead atoms. The summed E-state index contributed by atoms with van der Waals surface area (Å²) in [6.07, 6.45) is 3.47. The summed E-state index contributed by atoms with van der Waals surface area (Å²) in [6, 6.07) is 3.41. The van der Waals surface area contributed by atoms with E-state index < -0.39 is 11.6 Å². The van der Waals surface area contributed by atoms with Crippen molar-refractivity contribution < 1.29 is 8.78 Å². The van der Waals surface area contributed by atoms with Gasteiger partial charge in [0.1, 0.15) is 11.6 Å². The molecule has 0 atom stereocenters. The molecule has 0 unspecified atom stereocenters. The maximum Gasteiger partial charge on any atom is 0.207 e. The Bertz CT molecular complexity index is 535. The van der Waals surface area contributed by atoms with Crippen molar-refractivity contribution in [3.05, 3.63) is 42.2 Å². The lowest BCUT2D eigenvalue weighted by atomic mass is 10.2. The van der Waals surface area contributed by atoms with Gasteiger partial charge in [0.2, 0.25) is 5.95 Å². The van der Waals surface area contributed by atoms with E-state index in [0.717, 1.165) is 12.6 Å². The maximum absolute atomic E-state index is 13.5. The third-order valence-corrected chi connectivity index (χ3v) is 2.45. The normalized spacial score (nSPS) is 10.9. The molecule has 96 valence electrons. The number of imidazole rings is 1. The molecule has 0 spiro atoms. The van der Waals surface area contributed by atoms with E-state index >= 15 is 0 Å². The molecule has 1 aromatic heterocycles. The van der Waals surface area contributed by atoms with E-state index in [9.17, 15) is 8.78 Å². The average molecular weight is 251 g/mol. The zero-order valence-electron chi connectivity index (χ0n) is 10.3. The van der Waals surface area contributed by atoms with Crippen LogP contribution in [0.5, 0.6) is 0 Å². The summed E-state index contributed by atoms with van der Waals surface area (Å²) in [5, 5.41) is 2.86. The first-order valence-electron chi connectivity index (χ1n) is 5.79. The predicted molar refractivity (Wildman–Crippen MR) is 66.7 cm³/mol. The van der Waals surface area contributed by atoms with Crippen molar-refractivity contribution in [1.29, 1.82) is 0 Å². The van der Waals surface area contributed by atoms with Gasteiger partial charge < -0.3 is 9.88 Å². The first-order chi connectivity index (χ1) is 8.56. The highest BCUT2D eigenvalue weighted by Gasteiger charge is 2.08. The number of hydrogen-bond acceptors (Lipinski definition) is 2. The fraction of sp³-hybridized carbons (Fsp3) is 0.308. The molecule has 0 aliphatic carbocycles. The Labute approximate surface area is 104 Å². The van der Waals surface area contributed by atoms with Crippen LogP contribution in [-0.4, -0.2) is 9.55 Å². The molecule has 0 aliphatic heterocycles. The molecule has 5 heteroatoms. The second-order valence-corrected chi connectivity index (χ2v) is 4.55. The number of nitrogens with zero attached hydrogens (tertiary/aromatic N) is 2. The highest BCUT2D eigenvalue weighted by molar-refractivity contribution is 5.54. The minimum atomic E-state index is -0.630. The van der Waals surface area contributed by atoms with Crippen LogP contribution in [0, 0.1) is 17.6 Å². The van der Waals surface area contributed by atoms with E-state index in [1.807, 2.05) is 10.8 Å². The predicted octanol–water partition coefficient (Wildman–Crippen LogP) is 3.56. The highest BCUT2D eigenvalue weighted by Crippen LogP contribution is 2.20. The Morgan fingerprint density at radius 3 is 2.78 bits per heavy atom. The molecular weight excluding hydrogens is 236 g/mol. The van der Waals surface area contributed by atoms with Crippen LogP contribution >= 0.6 is 0 Å². The van der Waals surface area contributed by atoms with E-state index in [4.69, 9.17) is 0 Å². The third kappa shape index (κ3) is 2.85. The van der Waals surface area contributed by atoms with E-state index in [1.165, 1.54) is 12.1 Å². The summed E-state index contributed by atoms with van der Waals surface area (Å²) in [5.41, 5.74) is 0.215. The second-order valence-electron chi connectivity index (χ2n) is 4.55. The molecule has 0 fully saturated rings. The monoisotopic (exact) mass is 251 g/mol. The lowest BCUT2D eigenvalue weighted by molar-refractivity contribution is 0.527. The van der Waals surface area contributed by atoms with Gasteiger partial charge in [0.25, 0.3) is 0 Å². The van der Waals surface area contributed by atoms with Gasteiger partial charge in [0.15, 0.2) is 0 Å². The molecular formula is C13H15F2N3. The molecule has 0 saturated heterocycles. The summed E-state index contributed by atoms with van der Waals surface area (Å²) in [5.74, 6) is -0.218. The summed E-state index contributed by atoms with van der Waals surface area (Å²) in [4.78, 5) is 4.12. The number of halogens is 2. The molecule has 0 saturated carbocycles. The van der Waals surface area contributed by atoms with Gasteiger partial charge in [-0.15, -0.1) is 0 Å². The van der Waals surface area contributed by atoms with Gasteiger partial charge in [-0.1, -0.05) is 13.8 Å². The SMILES string of the molecule is CC(C)Cn1ccnc1Nc1ccc(F)cc1F.